The molecular formula is C26H33N5O8. The second-order valence-corrected chi connectivity index (χ2v) is 8.20. The Morgan fingerprint density at radius 1 is 1.18 bits per heavy atom. The predicted octanol–water partition coefficient (Wildman–Crippen LogP) is 1.21. The highest BCUT2D eigenvalue weighted by atomic mass is 16.5. The van der Waals surface area contributed by atoms with Crippen LogP contribution in [0.1, 0.15) is 57.5 Å². The van der Waals surface area contributed by atoms with Crippen molar-refractivity contribution in [3.63, 3.8) is 0 Å². The summed E-state index contributed by atoms with van der Waals surface area (Å²) in [6, 6.07) is 9.63. The number of carboxylic acid groups (broad SMARTS) is 1. The number of hydrogen-bond acceptors (Lipinski definition) is 8. The first-order valence-corrected chi connectivity index (χ1v) is 11.8. The Morgan fingerprint density at radius 2 is 1.85 bits per heavy atom. The average Bonchev–Trinajstić information content (AvgIpc) is 3.23. The van der Waals surface area contributed by atoms with Gasteiger partial charge >= 0.3 is 0 Å². The third kappa shape index (κ3) is 7.52. The Morgan fingerprint density at radius 3 is 2.38 bits per heavy atom. The molecule has 1 heterocycles. The number of nitrogens with zero attached hydrogens (tertiary/aromatic N) is 1. The van der Waals surface area contributed by atoms with Crippen LogP contribution in [-0.2, 0) is 25.6 Å². The van der Waals surface area contributed by atoms with E-state index in [1.165, 1.54) is 32.2 Å². The van der Waals surface area contributed by atoms with E-state index in [2.05, 4.69) is 10.6 Å². The SMILES string of the molecule is CC(=O)O.CCOC(C(=O)NC(OC)c1ccc(C(=N)N)cc1C(=O)NC)N1Cc2cc(OC)ccc2C1=O. The number of carbonyl (C=O) groups is 4. The normalized spacial score (nSPS) is 13.4. The van der Waals surface area contributed by atoms with Crippen LogP contribution in [0.25, 0.3) is 0 Å². The van der Waals surface area contributed by atoms with Gasteiger partial charge in [-0.1, -0.05) is 12.1 Å². The summed E-state index contributed by atoms with van der Waals surface area (Å²) in [5, 5.41) is 20.3. The Bertz CT molecular complexity index is 1240. The third-order valence-electron chi connectivity index (χ3n) is 5.60. The van der Waals surface area contributed by atoms with E-state index >= 15 is 0 Å². The second kappa shape index (κ2) is 13.9. The van der Waals surface area contributed by atoms with E-state index in [0.717, 1.165) is 12.5 Å². The molecule has 210 valence electrons. The molecule has 6 N–H and O–H groups in total. The lowest BCUT2D eigenvalue weighted by Gasteiger charge is -2.29. The number of carboxylic acids is 1. The fraction of sp³-hybridized carbons (Fsp3) is 0.346. The maximum absolute atomic E-state index is 13.3. The van der Waals surface area contributed by atoms with Gasteiger partial charge in [0.2, 0.25) is 6.23 Å². The van der Waals surface area contributed by atoms with Crippen molar-refractivity contribution in [2.75, 3.05) is 27.9 Å². The van der Waals surface area contributed by atoms with Crippen molar-refractivity contribution < 1.29 is 38.5 Å². The molecule has 2 atom stereocenters. The molecule has 0 radical (unpaired) electrons. The summed E-state index contributed by atoms with van der Waals surface area (Å²) in [6.45, 7) is 3.14. The lowest BCUT2D eigenvalue weighted by molar-refractivity contribution is -0.147. The van der Waals surface area contributed by atoms with Gasteiger partial charge in [0.1, 0.15) is 11.6 Å². The van der Waals surface area contributed by atoms with Gasteiger partial charge in [0, 0.05) is 56.5 Å². The maximum Gasteiger partial charge on any atom is 0.300 e. The zero-order valence-corrected chi connectivity index (χ0v) is 22.4. The quantitative estimate of drug-likeness (QED) is 0.166. The van der Waals surface area contributed by atoms with Crippen LogP contribution in [-0.4, -0.2) is 73.6 Å². The van der Waals surface area contributed by atoms with Crippen molar-refractivity contribution in [1.29, 1.82) is 5.41 Å². The smallest absolute Gasteiger partial charge is 0.300 e. The molecule has 13 nitrogen and oxygen atoms in total. The Kier molecular flexibility index (Phi) is 10.9. The topological polar surface area (TPSA) is 193 Å². The summed E-state index contributed by atoms with van der Waals surface area (Å²) in [5.74, 6) is -1.85. The molecule has 0 saturated carbocycles. The molecule has 3 rings (SSSR count). The number of nitrogens with one attached hydrogen (secondary N) is 3. The second-order valence-electron chi connectivity index (χ2n) is 8.20. The molecule has 2 unspecified atom stereocenters. The van der Waals surface area contributed by atoms with E-state index in [9.17, 15) is 14.4 Å². The van der Waals surface area contributed by atoms with Crippen LogP contribution in [0.5, 0.6) is 5.75 Å². The first-order chi connectivity index (χ1) is 18.5. The summed E-state index contributed by atoms with van der Waals surface area (Å²) in [6.07, 6.45) is -2.28. The molecule has 0 fully saturated rings. The molecule has 1 aliphatic rings. The number of aliphatic carboxylic acids is 1. The fourth-order valence-corrected chi connectivity index (χ4v) is 3.85. The minimum absolute atomic E-state index is 0.165. The van der Waals surface area contributed by atoms with Gasteiger partial charge in [0.15, 0.2) is 6.23 Å². The lowest BCUT2D eigenvalue weighted by Crippen LogP contribution is -2.50. The lowest BCUT2D eigenvalue weighted by atomic mass is 10.0. The summed E-state index contributed by atoms with van der Waals surface area (Å²) >= 11 is 0. The molecule has 0 saturated heterocycles. The number of fused-ring (bicyclic) bond motifs is 1. The minimum Gasteiger partial charge on any atom is -0.497 e. The van der Waals surface area contributed by atoms with Crippen LogP contribution in [0.3, 0.4) is 0 Å². The number of nitrogen functional groups attached to an aromatic ring is 1. The third-order valence-corrected chi connectivity index (χ3v) is 5.60. The van der Waals surface area contributed by atoms with Crippen molar-refractivity contribution in [2.24, 2.45) is 5.73 Å². The van der Waals surface area contributed by atoms with Crippen molar-refractivity contribution in [3.05, 3.63) is 64.2 Å². The van der Waals surface area contributed by atoms with Crippen LogP contribution in [0.4, 0.5) is 0 Å². The molecule has 2 aromatic carbocycles. The van der Waals surface area contributed by atoms with E-state index < -0.39 is 30.2 Å². The van der Waals surface area contributed by atoms with Gasteiger partial charge in [-0.15, -0.1) is 0 Å². The highest BCUT2D eigenvalue weighted by molar-refractivity contribution is 6.02. The molecule has 0 bridgehead atoms. The molecular weight excluding hydrogens is 510 g/mol. The zero-order chi connectivity index (χ0) is 29.3. The zero-order valence-electron chi connectivity index (χ0n) is 22.4. The summed E-state index contributed by atoms with van der Waals surface area (Å²) in [7, 11) is 4.37. The van der Waals surface area contributed by atoms with Gasteiger partial charge in [-0.2, -0.15) is 0 Å². The number of ether oxygens (including phenoxy) is 3. The summed E-state index contributed by atoms with van der Waals surface area (Å²) < 4.78 is 16.4. The molecule has 2 aromatic rings. The van der Waals surface area contributed by atoms with E-state index in [1.807, 2.05) is 0 Å². The maximum atomic E-state index is 13.3. The minimum atomic E-state index is -1.23. The molecule has 3 amide bonds. The molecule has 0 spiro atoms. The van der Waals surface area contributed by atoms with Gasteiger partial charge < -0.3 is 40.6 Å². The molecule has 13 heteroatoms. The van der Waals surface area contributed by atoms with E-state index in [1.54, 1.807) is 37.3 Å². The van der Waals surface area contributed by atoms with Crippen LogP contribution in [0, 0.1) is 5.41 Å². The predicted molar refractivity (Wildman–Crippen MR) is 140 cm³/mol. The molecule has 39 heavy (non-hydrogen) atoms. The van der Waals surface area contributed by atoms with Gasteiger partial charge in [0.05, 0.1) is 7.11 Å². The molecule has 1 aliphatic heterocycles. The van der Waals surface area contributed by atoms with Crippen molar-refractivity contribution in [1.82, 2.24) is 15.5 Å². The Labute approximate surface area is 225 Å². The van der Waals surface area contributed by atoms with E-state index in [-0.39, 0.29) is 30.5 Å². The Hall–Kier alpha value is -4.49. The highest BCUT2D eigenvalue weighted by Crippen LogP contribution is 2.29. The fourth-order valence-electron chi connectivity index (χ4n) is 3.85. The monoisotopic (exact) mass is 543 g/mol. The Balaban J connectivity index is 0.00000124. The largest absolute Gasteiger partial charge is 0.497 e. The summed E-state index contributed by atoms with van der Waals surface area (Å²) in [4.78, 5) is 49.2. The number of rotatable bonds is 10. The van der Waals surface area contributed by atoms with Crippen molar-refractivity contribution in [3.8, 4) is 5.75 Å². The van der Waals surface area contributed by atoms with Crippen molar-refractivity contribution >= 4 is 29.5 Å². The van der Waals surface area contributed by atoms with Crippen LogP contribution in [0.2, 0.25) is 0 Å². The van der Waals surface area contributed by atoms with Crippen LogP contribution in [0.15, 0.2) is 36.4 Å². The van der Waals surface area contributed by atoms with Gasteiger partial charge in [-0.25, -0.2) is 0 Å². The summed E-state index contributed by atoms with van der Waals surface area (Å²) in [5.41, 5.74) is 7.62. The average molecular weight is 544 g/mol. The van der Waals surface area contributed by atoms with Crippen LogP contribution < -0.4 is 21.1 Å². The van der Waals surface area contributed by atoms with Crippen molar-refractivity contribution in [2.45, 2.75) is 32.8 Å². The molecule has 0 aliphatic carbocycles. The number of benzene rings is 2. The first-order valence-electron chi connectivity index (χ1n) is 11.8. The number of amidine groups is 1. The van der Waals surface area contributed by atoms with Gasteiger partial charge in [-0.3, -0.25) is 24.6 Å². The number of methoxy groups -OCH3 is 2. The molecule has 0 aromatic heterocycles. The van der Waals surface area contributed by atoms with E-state index in [4.69, 9.17) is 35.3 Å². The highest BCUT2D eigenvalue weighted by Gasteiger charge is 2.38. The van der Waals surface area contributed by atoms with Gasteiger partial charge in [-0.05, 0) is 36.8 Å². The number of nitrogens with two attached hydrogens (primary N) is 1. The van der Waals surface area contributed by atoms with Crippen LogP contribution >= 0.6 is 0 Å². The number of hydrogen-bond donors (Lipinski definition) is 5. The first kappa shape index (κ1) is 30.7. The van der Waals surface area contributed by atoms with E-state index in [0.29, 0.717) is 22.4 Å². The standard InChI is InChI=1S/C24H29N5O6.C2H4O2/c1-5-35-24(29-12-14-10-15(33-3)7-9-16(14)23(29)32)21(31)28-22(34-4)17-8-6-13(19(25)26)11-18(17)20(30)27-2;1-2(3)4/h6-11,22,24H,5,12H2,1-4H3,(H3,25,26)(H,27,30)(H,28,31);1H3,(H,3,4). The number of carbonyl (C=O) groups excluding carboxylic acids is 3. The number of amides is 3. The van der Waals surface area contributed by atoms with Gasteiger partial charge in [0.25, 0.3) is 23.7 Å².